The first-order valence-electron chi connectivity index (χ1n) is 7.82. The second kappa shape index (κ2) is 8.37. The predicted molar refractivity (Wildman–Crippen MR) is 83.8 cm³/mol. The maximum atomic E-state index is 12.3. The Labute approximate surface area is 131 Å². The van der Waals surface area contributed by atoms with E-state index < -0.39 is 11.9 Å². The van der Waals surface area contributed by atoms with Gasteiger partial charge in [-0.1, -0.05) is 44.1 Å². The SMILES string of the molecule is C=C[C@H]1CCCCCCCOC(=O)c2ccccc2C(=O)O1. The molecular formula is C18H22O4. The van der Waals surface area contributed by atoms with Crippen LogP contribution in [0.3, 0.4) is 0 Å². The normalized spacial score (nSPS) is 21.0. The van der Waals surface area contributed by atoms with Crippen LogP contribution in [-0.4, -0.2) is 24.6 Å². The van der Waals surface area contributed by atoms with Crippen LogP contribution in [0.1, 0.15) is 59.2 Å². The minimum atomic E-state index is -0.505. The smallest absolute Gasteiger partial charge is 0.339 e. The highest BCUT2D eigenvalue weighted by atomic mass is 16.5. The van der Waals surface area contributed by atoms with Crippen molar-refractivity contribution in [1.29, 1.82) is 0 Å². The maximum absolute atomic E-state index is 12.3. The van der Waals surface area contributed by atoms with Crippen LogP contribution in [0.25, 0.3) is 0 Å². The van der Waals surface area contributed by atoms with Crippen molar-refractivity contribution in [3.8, 4) is 0 Å². The fourth-order valence-corrected chi connectivity index (χ4v) is 2.49. The quantitative estimate of drug-likeness (QED) is 0.583. The average Bonchev–Trinajstić information content (AvgIpc) is 2.55. The number of hydrogen-bond donors (Lipinski definition) is 0. The first-order chi connectivity index (χ1) is 10.7. The van der Waals surface area contributed by atoms with Crippen LogP contribution in [0.5, 0.6) is 0 Å². The van der Waals surface area contributed by atoms with Crippen molar-refractivity contribution in [3.63, 3.8) is 0 Å². The Kier molecular flexibility index (Phi) is 6.19. The zero-order valence-electron chi connectivity index (χ0n) is 12.8. The number of benzene rings is 1. The summed E-state index contributed by atoms with van der Waals surface area (Å²) < 4.78 is 10.7. The van der Waals surface area contributed by atoms with Crippen LogP contribution in [0.15, 0.2) is 36.9 Å². The average molecular weight is 302 g/mol. The highest BCUT2D eigenvalue weighted by molar-refractivity contribution is 6.03. The lowest BCUT2D eigenvalue weighted by atomic mass is 10.1. The van der Waals surface area contributed by atoms with E-state index in [0.717, 1.165) is 38.5 Å². The number of esters is 2. The van der Waals surface area contributed by atoms with E-state index >= 15 is 0 Å². The minimum Gasteiger partial charge on any atom is -0.462 e. The van der Waals surface area contributed by atoms with Gasteiger partial charge in [0, 0.05) is 0 Å². The first kappa shape index (κ1) is 16.3. The standard InChI is InChI=1S/C18H22O4/c1-2-14-10-6-4-3-5-9-13-21-17(19)15-11-7-8-12-16(15)18(20)22-14/h2,7-8,11-12,14H,1,3-6,9-10,13H2/t14-/m0/s1. The van der Waals surface area contributed by atoms with E-state index in [4.69, 9.17) is 9.47 Å². The molecule has 1 atom stereocenters. The highest BCUT2D eigenvalue weighted by Gasteiger charge is 2.21. The Morgan fingerprint density at radius 3 is 2.32 bits per heavy atom. The zero-order valence-corrected chi connectivity index (χ0v) is 12.8. The van der Waals surface area contributed by atoms with Crippen molar-refractivity contribution in [2.75, 3.05) is 6.61 Å². The largest absolute Gasteiger partial charge is 0.462 e. The molecule has 0 amide bonds. The lowest BCUT2D eigenvalue weighted by Crippen LogP contribution is -2.19. The molecule has 0 saturated carbocycles. The van der Waals surface area contributed by atoms with Crippen molar-refractivity contribution in [1.82, 2.24) is 0 Å². The number of carbonyl (C=O) groups is 2. The van der Waals surface area contributed by atoms with Gasteiger partial charge in [-0.15, -0.1) is 0 Å². The number of carbonyl (C=O) groups excluding carboxylic acids is 2. The minimum absolute atomic E-state index is 0.247. The molecule has 22 heavy (non-hydrogen) atoms. The summed E-state index contributed by atoms with van der Waals surface area (Å²) >= 11 is 0. The molecule has 0 N–H and O–H groups in total. The summed E-state index contributed by atoms with van der Waals surface area (Å²) in [6.45, 7) is 4.11. The number of ether oxygens (including phenoxy) is 2. The first-order valence-corrected chi connectivity index (χ1v) is 7.82. The van der Waals surface area contributed by atoms with Gasteiger partial charge in [0.2, 0.25) is 0 Å². The number of fused-ring (bicyclic) bond motifs is 1. The third-order valence-electron chi connectivity index (χ3n) is 3.75. The van der Waals surface area contributed by atoms with Gasteiger partial charge in [0.05, 0.1) is 17.7 Å². The van der Waals surface area contributed by atoms with E-state index in [9.17, 15) is 9.59 Å². The molecule has 2 rings (SSSR count). The van der Waals surface area contributed by atoms with Gasteiger partial charge < -0.3 is 9.47 Å². The molecule has 1 aromatic carbocycles. The molecule has 0 bridgehead atoms. The van der Waals surface area contributed by atoms with Crippen molar-refractivity contribution < 1.29 is 19.1 Å². The van der Waals surface area contributed by atoms with Crippen molar-refractivity contribution in [3.05, 3.63) is 48.0 Å². The van der Waals surface area contributed by atoms with Gasteiger partial charge in [0.1, 0.15) is 6.10 Å². The summed E-state index contributed by atoms with van der Waals surface area (Å²) in [6, 6.07) is 6.60. The van der Waals surface area contributed by atoms with E-state index in [1.165, 1.54) is 0 Å². The van der Waals surface area contributed by atoms with Gasteiger partial charge in [0.25, 0.3) is 0 Å². The van der Waals surface area contributed by atoms with E-state index in [1.807, 2.05) is 0 Å². The van der Waals surface area contributed by atoms with Crippen LogP contribution in [0, 0.1) is 0 Å². The van der Waals surface area contributed by atoms with Gasteiger partial charge in [0.15, 0.2) is 0 Å². The monoisotopic (exact) mass is 302 g/mol. The van der Waals surface area contributed by atoms with Crippen molar-refractivity contribution in [2.24, 2.45) is 0 Å². The molecule has 0 aliphatic carbocycles. The molecule has 1 aliphatic rings. The molecule has 0 spiro atoms. The molecule has 0 unspecified atom stereocenters. The molecule has 118 valence electrons. The zero-order chi connectivity index (χ0) is 15.8. The van der Waals surface area contributed by atoms with Crippen LogP contribution < -0.4 is 0 Å². The maximum Gasteiger partial charge on any atom is 0.339 e. The van der Waals surface area contributed by atoms with E-state index in [-0.39, 0.29) is 17.2 Å². The van der Waals surface area contributed by atoms with Gasteiger partial charge in [-0.05, 0) is 31.4 Å². The summed E-state index contributed by atoms with van der Waals surface area (Å²) in [6.07, 6.45) is 7.13. The van der Waals surface area contributed by atoms with Crippen LogP contribution in [0.2, 0.25) is 0 Å². The molecule has 4 nitrogen and oxygen atoms in total. The summed E-state index contributed by atoms with van der Waals surface area (Å²) in [7, 11) is 0. The lowest BCUT2D eigenvalue weighted by Gasteiger charge is -2.16. The topological polar surface area (TPSA) is 52.6 Å². The summed E-state index contributed by atoms with van der Waals surface area (Å²) in [5.41, 5.74) is 0.504. The van der Waals surface area contributed by atoms with Gasteiger partial charge in [-0.25, -0.2) is 9.59 Å². The lowest BCUT2D eigenvalue weighted by molar-refractivity contribution is 0.0356. The summed E-state index contributed by atoms with van der Waals surface area (Å²) in [4.78, 5) is 24.4. The molecule has 0 radical (unpaired) electrons. The fourth-order valence-electron chi connectivity index (χ4n) is 2.49. The molecule has 0 aromatic heterocycles. The summed E-state index contributed by atoms with van der Waals surface area (Å²) in [5, 5.41) is 0. The molecule has 1 aromatic rings. The Hall–Kier alpha value is -2.10. The Morgan fingerprint density at radius 2 is 1.59 bits per heavy atom. The van der Waals surface area contributed by atoms with Crippen molar-refractivity contribution in [2.45, 2.75) is 44.6 Å². The molecule has 4 heteroatoms. The molecule has 1 aliphatic heterocycles. The van der Waals surface area contributed by atoms with E-state index in [1.54, 1.807) is 30.3 Å². The van der Waals surface area contributed by atoms with Crippen molar-refractivity contribution >= 4 is 11.9 Å². The Morgan fingerprint density at radius 1 is 0.955 bits per heavy atom. The Bertz CT molecular complexity index is 536. The third kappa shape index (κ3) is 4.45. The molecular weight excluding hydrogens is 280 g/mol. The second-order valence-electron chi connectivity index (χ2n) is 5.42. The van der Waals surface area contributed by atoms with Gasteiger partial charge in [-0.3, -0.25) is 0 Å². The molecule has 0 fully saturated rings. The fraction of sp³-hybridized carbons (Fsp3) is 0.444. The third-order valence-corrected chi connectivity index (χ3v) is 3.75. The number of cyclic esters (lactones) is 2. The molecule has 0 saturated heterocycles. The van der Waals surface area contributed by atoms with Crippen LogP contribution in [-0.2, 0) is 9.47 Å². The number of rotatable bonds is 1. The molecule has 1 heterocycles. The Balaban J connectivity index is 2.22. The number of hydrogen-bond acceptors (Lipinski definition) is 4. The predicted octanol–water partition coefficient (Wildman–Crippen LogP) is 3.91. The van der Waals surface area contributed by atoms with E-state index in [0.29, 0.717) is 6.61 Å². The van der Waals surface area contributed by atoms with E-state index in [2.05, 4.69) is 6.58 Å². The highest BCUT2D eigenvalue weighted by Crippen LogP contribution is 2.17. The summed E-state index contributed by atoms with van der Waals surface area (Å²) in [5.74, 6) is -0.978. The second-order valence-corrected chi connectivity index (χ2v) is 5.42. The van der Waals surface area contributed by atoms with Crippen LogP contribution in [0.4, 0.5) is 0 Å². The van der Waals surface area contributed by atoms with Crippen LogP contribution >= 0.6 is 0 Å². The van der Waals surface area contributed by atoms with Gasteiger partial charge in [-0.2, -0.15) is 0 Å². The van der Waals surface area contributed by atoms with Gasteiger partial charge >= 0.3 is 11.9 Å².